The van der Waals surface area contributed by atoms with Gasteiger partial charge in [-0.15, -0.1) is 12.4 Å². The highest BCUT2D eigenvalue weighted by atomic mass is 35.5. The van der Waals surface area contributed by atoms with Gasteiger partial charge in [0.1, 0.15) is 12.4 Å². The second kappa shape index (κ2) is 9.66. The van der Waals surface area contributed by atoms with Crippen LogP contribution in [0.15, 0.2) is 18.2 Å². The van der Waals surface area contributed by atoms with Gasteiger partial charge >= 0.3 is 0 Å². The smallest absolute Gasteiger partial charge is 0.238 e. The van der Waals surface area contributed by atoms with Crippen molar-refractivity contribution in [1.29, 1.82) is 0 Å². The lowest BCUT2D eigenvalue weighted by atomic mass is 10.2. The van der Waals surface area contributed by atoms with Gasteiger partial charge in [0.05, 0.1) is 13.2 Å². The average Bonchev–Trinajstić information content (AvgIpc) is 3.26. The molecule has 1 fully saturated rings. The summed E-state index contributed by atoms with van der Waals surface area (Å²) in [5.41, 5.74) is 1.81. The van der Waals surface area contributed by atoms with Gasteiger partial charge in [0.25, 0.3) is 0 Å². The van der Waals surface area contributed by atoms with E-state index in [0.29, 0.717) is 19.8 Å². The van der Waals surface area contributed by atoms with Crippen molar-refractivity contribution in [3.05, 3.63) is 23.8 Å². The number of benzene rings is 1. The van der Waals surface area contributed by atoms with E-state index in [1.807, 2.05) is 25.1 Å². The molecule has 2 rings (SSSR count). The molecule has 0 radical (unpaired) electrons. The lowest BCUT2D eigenvalue weighted by Crippen LogP contribution is -2.29. The number of nitrogens with one attached hydrogen (secondary N) is 2. The highest BCUT2D eigenvalue weighted by Crippen LogP contribution is 2.27. The van der Waals surface area contributed by atoms with E-state index < -0.39 is 0 Å². The van der Waals surface area contributed by atoms with Gasteiger partial charge in [-0.3, -0.25) is 4.79 Å². The summed E-state index contributed by atoms with van der Waals surface area (Å²) in [7, 11) is 1.64. The van der Waals surface area contributed by atoms with Gasteiger partial charge in [-0.25, -0.2) is 0 Å². The summed E-state index contributed by atoms with van der Waals surface area (Å²) < 4.78 is 10.5. The molecule has 22 heavy (non-hydrogen) atoms. The number of methoxy groups -OCH3 is 1. The Balaban J connectivity index is 0.00000242. The minimum absolute atomic E-state index is 0. The van der Waals surface area contributed by atoms with Crippen molar-refractivity contribution < 1.29 is 14.3 Å². The van der Waals surface area contributed by atoms with E-state index in [9.17, 15) is 4.79 Å². The summed E-state index contributed by atoms with van der Waals surface area (Å²) in [5, 5.41) is 6.10. The first-order chi connectivity index (χ1) is 10.2. The average molecular weight is 329 g/mol. The molecule has 0 aliphatic heterocycles. The fourth-order valence-electron chi connectivity index (χ4n) is 2.02. The molecule has 6 heteroatoms. The SMILES string of the molecule is COCCOc1ccc(NC(=O)CNCC2CC2)c(C)c1.Cl. The van der Waals surface area contributed by atoms with E-state index in [1.54, 1.807) is 7.11 Å². The van der Waals surface area contributed by atoms with Crippen molar-refractivity contribution >= 4 is 24.0 Å². The second-order valence-corrected chi connectivity index (χ2v) is 5.44. The predicted octanol–water partition coefficient (Wildman–Crippen LogP) is 2.38. The molecule has 1 amide bonds. The monoisotopic (exact) mass is 328 g/mol. The Morgan fingerprint density at radius 2 is 2.09 bits per heavy atom. The summed E-state index contributed by atoms with van der Waals surface area (Å²) in [5.74, 6) is 1.56. The molecule has 1 aliphatic rings. The quantitative estimate of drug-likeness (QED) is 0.683. The van der Waals surface area contributed by atoms with Gasteiger partial charge < -0.3 is 20.1 Å². The molecule has 0 saturated heterocycles. The molecule has 0 unspecified atom stereocenters. The van der Waals surface area contributed by atoms with Crippen LogP contribution in [-0.2, 0) is 9.53 Å². The largest absolute Gasteiger partial charge is 0.491 e. The number of rotatable bonds is 9. The van der Waals surface area contributed by atoms with Crippen LogP contribution in [0.4, 0.5) is 5.69 Å². The Morgan fingerprint density at radius 3 is 2.73 bits per heavy atom. The molecular formula is C16H25ClN2O3. The number of hydrogen-bond acceptors (Lipinski definition) is 4. The Bertz CT molecular complexity index is 478. The summed E-state index contributed by atoms with van der Waals surface area (Å²) >= 11 is 0. The molecule has 5 nitrogen and oxygen atoms in total. The van der Waals surface area contributed by atoms with Crippen molar-refractivity contribution in [2.45, 2.75) is 19.8 Å². The van der Waals surface area contributed by atoms with Crippen molar-refractivity contribution in [1.82, 2.24) is 5.32 Å². The minimum atomic E-state index is -0.00759. The van der Waals surface area contributed by atoms with E-state index >= 15 is 0 Å². The van der Waals surface area contributed by atoms with Gasteiger partial charge in [-0.1, -0.05) is 0 Å². The van der Waals surface area contributed by atoms with Crippen LogP contribution in [0.2, 0.25) is 0 Å². The van der Waals surface area contributed by atoms with Crippen LogP contribution < -0.4 is 15.4 Å². The van der Waals surface area contributed by atoms with Crippen LogP contribution in [-0.4, -0.2) is 39.3 Å². The third-order valence-corrected chi connectivity index (χ3v) is 3.44. The molecule has 0 atom stereocenters. The number of anilines is 1. The number of hydrogen-bond donors (Lipinski definition) is 2. The zero-order valence-corrected chi connectivity index (χ0v) is 14.0. The van der Waals surface area contributed by atoms with Gasteiger partial charge in [-0.2, -0.15) is 0 Å². The lowest BCUT2D eigenvalue weighted by Gasteiger charge is -2.11. The highest BCUT2D eigenvalue weighted by molar-refractivity contribution is 5.93. The van der Waals surface area contributed by atoms with Crippen LogP contribution in [0.3, 0.4) is 0 Å². The summed E-state index contributed by atoms with van der Waals surface area (Å²) in [6.07, 6.45) is 2.58. The van der Waals surface area contributed by atoms with E-state index in [-0.39, 0.29) is 18.3 Å². The highest BCUT2D eigenvalue weighted by Gasteiger charge is 2.20. The summed E-state index contributed by atoms with van der Waals surface area (Å²) in [6.45, 7) is 4.34. The zero-order valence-electron chi connectivity index (χ0n) is 13.2. The number of carbonyl (C=O) groups is 1. The van der Waals surface area contributed by atoms with Crippen LogP contribution >= 0.6 is 12.4 Å². The van der Waals surface area contributed by atoms with E-state index in [2.05, 4.69) is 10.6 Å². The van der Waals surface area contributed by atoms with E-state index in [4.69, 9.17) is 9.47 Å². The first kappa shape index (κ1) is 18.7. The molecule has 0 bridgehead atoms. The van der Waals surface area contributed by atoms with Gasteiger partial charge in [0.15, 0.2) is 0 Å². The third-order valence-electron chi connectivity index (χ3n) is 3.44. The van der Waals surface area contributed by atoms with Gasteiger partial charge in [0, 0.05) is 12.8 Å². The maximum atomic E-state index is 11.8. The summed E-state index contributed by atoms with van der Waals surface area (Å²) in [4.78, 5) is 11.8. The molecule has 124 valence electrons. The van der Waals surface area contributed by atoms with E-state index in [1.165, 1.54) is 12.8 Å². The number of ether oxygens (including phenoxy) is 2. The molecule has 1 saturated carbocycles. The standard InChI is InChI=1S/C16H24N2O3.ClH/c1-12-9-14(21-8-7-20-2)5-6-15(12)18-16(19)11-17-10-13-3-4-13;/h5-6,9,13,17H,3-4,7-8,10-11H2,1-2H3,(H,18,19);1H. The van der Waals surface area contributed by atoms with Crippen LogP contribution in [0.1, 0.15) is 18.4 Å². The first-order valence-corrected chi connectivity index (χ1v) is 7.42. The fraction of sp³-hybridized carbons (Fsp3) is 0.562. The van der Waals surface area contributed by atoms with Gasteiger partial charge in [0.2, 0.25) is 5.91 Å². The Hall–Kier alpha value is -1.30. The number of aryl methyl sites for hydroxylation is 1. The van der Waals surface area contributed by atoms with Crippen molar-refractivity contribution in [2.24, 2.45) is 5.92 Å². The van der Waals surface area contributed by atoms with Crippen LogP contribution in [0, 0.1) is 12.8 Å². The van der Waals surface area contributed by atoms with Crippen molar-refractivity contribution in [3.63, 3.8) is 0 Å². The van der Waals surface area contributed by atoms with Crippen molar-refractivity contribution in [2.75, 3.05) is 38.7 Å². The Morgan fingerprint density at radius 1 is 1.32 bits per heavy atom. The maximum Gasteiger partial charge on any atom is 0.238 e. The zero-order chi connectivity index (χ0) is 15.1. The molecule has 0 aromatic heterocycles. The number of halogens is 1. The lowest BCUT2D eigenvalue weighted by molar-refractivity contribution is -0.115. The third kappa shape index (κ3) is 6.64. The first-order valence-electron chi connectivity index (χ1n) is 7.42. The topological polar surface area (TPSA) is 59.6 Å². The molecule has 1 aromatic carbocycles. The van der Waals surface area contributed by atoms with Crippen LogP contribution in [0.5, 0.6) is 5.75 Å². The molecular weight excluding hydrogens is 304 g/mol. The van der Waals surface area contributed by atoms with E-state index in [0.717, 1.165) is 29.5 Å². The Kier molecular flexibility index (Phi) is 8.24. The normalized spacial score (nSPS) is 13.4. The minimum Gasteiger partial charge on any atom is -0.491 e. The summed E-state index contributed by atoms with van der Waals surface area (Å²) in [6, 6.07) is 5.65. The molecule has 0 heterocycles. The molecule has 0 spiro atoms. The molecule has 1 aromatic rings. The van der Waals surface area contributed by atoms with Crippen LogP contribution in [0.25, 0.3) is 0 Å². The fourth-order valence-corrected chi connectivity index (χ4v) is 2.02. The predicted molar refractivity (Wildman–Crippen MR) is 90.0 cm³/mol. The Labute approximate surface area is 138 Å². The van der Waals surface area contributed by atoms with Crippen molar-refractivity contribution in [3.8, 4) is 5.75 Å². The maximum absolute atomic E-state index is 11.8. The second-order valence-electron chi connectivity index (χ2n) is 5.44. The molecule has 2 N–H and O–H groups in total. The molecule has 1 aliphatic carbocycles. The van der Waals surface area contributed by atoms with Gasteiger partial charge in [-0.05, 0) is 56.0 Å². The number of carbonyl (C=O) groups excluding carboxylic acids is 1. The number of amides is 1.